The predicted octanol–water partition coefficient (Wildman–Crippen LogP) is -1.75. The van der Waals surface area contributed by atoms with E-state index in [-0.39, 0.29) is 11.5 Å². The van der Waals surface area contributed by atoms with Gasteiger partial charge in [0.05, 0.1) is 11.5 Å². The van der Waals surface area contributed by atoms with Crippen LogP contribution >= 0.6 is 0 Å². The summed E-state index contributed by atoms with van der Waals surface area (Å²) in [6.45, 7) is 5.13. The molecule has 0 amide bonds. The van der Waals surface area contributed by atoms with Gasteiger partial charge in [-0.1, -0.05) is 0 Å². The molecule has 114 valence electrons. The Morgan fingerprint density at radius 2 is 1.74 bits per heavy atom. The molecule has 1 saturated heterocycles. The Balaban J connectivity index is 2.16. The third-order valence-corrected chi connectivity index (χ3v) is 5.50. The van der Waals surface area contributed by atoms with Crippen LogP contribution in [0.3, 0.4) is 0 Å². The zero-order valence-electron chi connectivity index (χ0n) is 11.3. The average molecular weight is 313 g/mol. The summed E-state index contributed by atoms with van der Waals surface area (Å²) in [5, 5.41) is 3.25. The average Bonchev–Trinajstić information content (AvgIpc) is 2.33. The largest absolute Gasteiger partial charge is 0.314 e. The third-order valence-electron chi connectivity index (χ3n) is 2.91. The zero-order valence-corrected chi connectivity index (χ0v) is 12.9. The Bertz CT molecular complexity index is 455. The van der Waals surface area contributed by atoms with Gasteiger partial charge in [-0.25, -0.2) is 21.6 Å². The van der Waals surface area contributed by atoms with Crippen LogP contribution in [0.2, 0.25) is 0 Å². The molecule has 0 aromatic rings. The SMILES string of the molecule is CS(=O)(=O)CCS(=O)(=O)NCCCN1CCNCC1. The number of hydrogen-bond donors (Lipinski definition) is 2. The van der Waals surface area contributed by atoms with Gasteiger partial charge in [0.25, 0.3) is 0 Å². The van der Waals surface area contributed by atoms with Crippen LogP contribution < -0.4 is 10.0 Å². The summed E-state index contributed by atoms with van der Waals surface area (Å²) in [5.41, 5.74) is 0. The molecule has 1 fully saturated rings. The first-order valence-electron chi connectivity index (χ1n) is 6.37. The molecule has 0 aliphatic carbocycles. The Hall–Kier alpha value is -0.220. The molecule has 1 aliphatic rings. The number of nitrogens with zero attached hydrogens (tertiary/aromatic N) is 1. The fourth-order valence-corrected chi connectivity index (χ4v) is 4.49. The van der Waals surface area contributed by atoms with Gasteiger partial charge in [-0.15, -0.1) is 0 Å². The van der Waals surface area contributed by atoms with Gasteiger partial charge in [0, 0.05) is 39.0 Å². The Labute approximate surface area is 115 Å². The van der Waals surface area contributed by atoms with Crippen molar-refractivity contribution in [3.8, 4) is 0 Å². The van der Waals surface area contributed by atoms with Crippen LogP contribution in [0.1, 0.15) is 6.42 Å². The number of rotatable bonds is 8. The fourth-order valence-electron chi connectivity index (χ4n) is 1.80. The maximum absolute atomic E-state index is 11.5. The highest BCUT2D eigenvalue weighted by Crippen LogP contribution is 1.95. The molecule has 2 N–H and O–H groups in total. The highest BCUT2D eigenvalue weighted by Gasteiger charge is 2.14. The van der Waals surface area contributed by atoms with Crippen LogP contribution in [0.5, 0.6) is 0 Å². The van der Waals surface area contributed by atoms with E-state index in [0.717, 1.165) is 45.4 Å². The van der Waals surface area contributed by atoms with Crippen molar-refractivity contribution in [2.75, 3.05) is 57.0 Å². The van der Waals surface area contributed by atoms with E-state index in [2.05, 4.69) is 14.9 Å². The lowest BCUT2D eigenvalue weighted by atomic mass is 10.3. The summed E-state index contributed by atoms with van der Waals surface area (Å²) in [4.78, 5) is 2.28. The lowest BCUT2D eigenvalue weighted by Gasteiger charge is -2.27. The van der Waals surface area contributed by atoms with E-state index in [4.69, 9.17) is 0 Å². The molecular weight excluding hydrogens is 290 g/mol. The summed E-state index contributed by atoms with van der Waals surface area (Å²) in [5.74, 6) is -0.695. The van der Waals surface area contributed by atoms with E-state index in [0.29, 0.717) is 6.54 Å². The van der Waals surface area contributed by atoms with Gasteiger partial charge in [-0.05, 0) is 13.0 Å². The minimum Gasteiger partial charge on any atom is -0.314 e. The van der Waals surface area contributed by atoms with Crippen molar-refractivity contribution in [3.63, 3.8) is 0 Å². The molecule has 0 saturated carbocycles. The van der Waals surface area contributed by atoms with Crippen molar-refractivity contribution in [2.45, 2.75) is 6.42 Å². The Kier molecular flexibility index (Phi) is 6.67. The topological polar surface area (TPSA) is 95.6 Å². The first-order chi connectivity index (χ1) is 8.79. The van der Waals surface area contributed by atoms with Crippen molar-refractivity contribution in [1.82, 2.24) is 14.9 Å². The van der Waals surface area contributed by atoms with Crippen molar-refractivity contribution < 1.29 is 16.8 Å². The van der Waals surface area contributed by atoms with E-state index in [1.807, 2.05) is 0 Å². The summed E-state index contributed by atoms with van der Waals surface area (Å²) in [6.07, 6.45) is 1.77. The highest BCUT2D eigenvalue weighted by molar-refractivity contribution is 7.93. The summed E-state index contributed by atoms with van der Waals surface area (Å²) in [6, 6.07) is 0. The van der Waals surface area contributed by atoms with E-state index in [9.17, 15) is 16.8 Å². The highest BCUT2D eigenvalue weighted by atomic mass is 32.2. The number of sulfone groups is 1. The monoisotopic (exact) mass is 313 g/mol. The zero-order chi connectivity index (χ0) is 14.4. The molecule has 0 atom stereocenters. The van der Waals surface area contributed by atoms with Gasteiger partial charge in [0.2, 0.25) is 10.0 Å². The van der Waals surface area contributed by atoms with Crippen LogP contribution in [-0.2, 0) is 19.9 Å². The second-order valence-corrected chi connectivity index (χ2v) is 8.97. The Morgan fingerprint density at radius 3 is 2.32 bits per heavy atom. The predicted molar refractivity (Wildman–Crippen MR) is 75.4 cm³/mol. The summed E-state index contributed by atoms with van der Waals surface area (Å²) in [7, 11) is -6.72. The molecule has 0 bridgehead atoms. The molecule has 0 aromatic carbocycles. The van der Waals surface area contributed by atoms with Crippen LogP contribution in [0.25, 0.3) is 0 Å². The molecule has 19 heavy (non-hydrogen) atoms. The molecule has 0 aromatic heterocycles. The summed E-state index contributed by atoms with van der Waals surface area (Å²) >= 11 is 0. The van der Waals surface area contributed by atoms with Gasteiger partial charge >= 0.3 is 0 Å². The van der Waals surface area contributed by atoms with Gasteiger partial charge in [-0.3, -0.25) is 0 Å². The standard InChI is InChI=1S/C10H23N3O4S2/c1-18(14,15)9-10-19(16,17)12-3-2-6-13-7-4-11-5-8-13/h11-12H,2-10H2,1H3. The van der Waals surface area contributed by atoms with Gasteiger partial charge < -0.3 is 10.2 Å². The van der Waals surface area contributed by atoms with E-state index in [1.54, 1.807) is 0 Å². The first kappa shape index (κ1) is 16.8. The second kappa shape index (κ2) is 7.53. The van der Waals surface area contributed by atoms with Crippen LogP contribution in [-0.4, -0.2) is 78.8 Å². The number of hydrogen-bond acceptors (Lipinski definition) is 6. The van der Waals surface area contributed by atoms with Crippen molar-refractivity contribution in [3.05, 3.63) is 0 Å². The van der Waals surface area contributed by atoms with Crippen molar-refractivity contribution in [1.29, 1.82) is 0 Å². The normalized spacial score (nSPS) is 18.6. The second-order valence-electron chi connectivity index (χ2n) is 4.79. The number of sulfonamides is 1. The maximum atomic E-state index is 11.5. The molecule has 1 rings (SSSR count). The minimum atomic E-state index is -3.48. The van der Waals surface area contributed by atoms with Crippen LogP contribution in [0, 0.1) is 0 Å². The van der Waals surface area contributed by atoms with Crippen LogP contribution in [0.15, 0.2) is 0 Å². The van der Waals surface area contributed by atoms with E-state index in [1.165, 1.54) is 0 Å². The third kappa shape index (κ3) is 8.53. The fraction of sp³-hybridized carbons (Fsp3) is 1.00. The molecule has 1 heterocycles. The molecule has 0 radical (unpaired) electrons. The molecule has 9 heteroatoms. The quantitative estimate of drug-likeness (QED) is 0.516. The minimum absolute atomic E-state index is 0.333. The lowest BCUT2D eigenvalue weighted by Crippen LogP contribution is -2.44. The molecular formula is C10H23N3O4S2. The van der Waals surface area contributed by atoms with Crippen LogP contribution in [0.4, 0.5) is 0 Å². The van der Waals surface area contributed by atoms with E-state index >= 15 is 0 Å². The lowest BCUT2D eigenvalue weighted by molar-refractivity contribution is 0.239. The smallest absolute Gasteiger partial charge is 0.212 e. The van der Waals surface area contributed by atoms with E-state index < -0.39 is 19.9 Å². The summed E-state index contributed by atoms with van der Waals surface area (Å²) < 4.78 is 47.3. The van der Waals surface area contributed by atoms with Gasteiger partial charge in [0.1, 0.15) is 9.84 Å². The number of piperazine rings is 1. The van der Waals surface area contributed by atoms with Gasteiger partial charge in [-0.2, -0.15) is 0 Å². The first-order valence-corrected chi connectivity index (χ1v) is 10.1. The molecule has 7 nitrogen and oxygen atoms in total. The molecule has 0 unspecified atom stereocenters. The van der Waals surface area contributed by atoms with Crippen molar-refractivity contribution in [2.24, 2.45) is 0 Å². The maximum Gasteiger partial charge on any atom is 0.212 e. The van der Waals surface area contributed by atoms with Gasteiger partial charge in [0.15, 0.2) is 0 Å². The molecule has 0 spiro atoms. The number of nitrogens with one attached hydrogen (secondary N) is 2. The van der Waals surface area contributed by atoms with Crippen molar-refractivity contribution >= 4 is 19.9 Å². The Morgan fingerprint density at radius 1 is 1.11 bits per heavy atom. The molecule has 1 aliphatic heterocycles.